The van der Waals surface area contributed by atoms with Crippen molar-refractivity contribution in [3.8, 4) is 0 Å². The maximum absolute atomic E-state index is 14.5. The quantitative estimate of drug-likeness (QED) is 0.175. The lowest BCUT2D eigenvalue weighted by molar-refractivity contribution is -0.140. The van der Waals surface area contributed by atoms with E-state index in [1.165, 1.54) is 17.0 Å². The molecule has 1 unspecified atom stereocenters. The van der Waals surface area contributed by atoms with E-state index in [1.807, 2.05) is 50.2 Å². The van der Waals surface area contributed by atoms with Gasteiger partial charge in [-0.15, -0.1) is 0 Å². The molecular weight excluding hydrogens is 617 g/mol. The van der Waals surface area contributed by atoms with Crippen molar-refractivity contribution in [3.05, 3.63) is 130 Å². The SMILES string of the molecule is CCCNC(=O)C(Cc1ccccc1)N(Cc1c(Cl)cccc1Cl)C(=O)CN(c1cccc(C)c1)S(=O)(=O)c1ccccc1. The van der Waals surface area contributed by atoms with Crippen LogP contribution in [0, 0.1) is 6.92 Å². The standard InChI is InChI=1S/C34H35Cl2N3O4S/c1-3-20-37-34(41)32(22-26-13-6-4-7-14-26)38(23-29-30(35)18-11-19-31(29)36)33(40)24-39(27-15-10-12-25(2)21-27)44(42,43)28-16-8-5-9-17-28/h4-19,21,32H,3,20,22-24H2,1-2H3,(H,37,41). The van der Waals surface area contributed by atoms with Crippen molar-refractivity contribution in [1.82, 2.24) is 10.2 Å². The van der Waals surface area contributed by atoms with Gasteiger partial charge in [-0.05, 0) is 60.9 Å². The molecule has 7 nitrogen and oxygen atoms in total. The van der Waals surface area contributed by atoms with E-state index in [4.69, 9.17) is 23.2 Å². The van der Waals surface area contributed by atoms with Crippen molar-refractivity contribution in [2.24, 2.45) is 0 Å². The van der Waals surface area contributed by atoms with E-state index < -0.39 is 28.5 Å². The van der Waals surface area contributed by atoms with Crippen LogP contribution in [0.15, 0.2) is 108 Å². The monoisotopic (exact) mass is 651 g/mol. The highest BCUT2D eigenvalue weighted by Gasteiger charge is 2.35. The highest BCUT2D eigenvalue weighted by atomic mass is 35.5. The van der Waals surface area contributed by atoms with Gasteiger partial charge in [-0.25, -0.2) is 8.42 Å². The molecule has 0 aromatic heterocycles. The molecule has 10 heteroatoms. The number of amides is 2. The molecule has 0 aliphatic heterocycles. The van der Waals surface area contributed by atoms with Crippen LogP contribution in [0.4, 0.5) is 5.69 Å². The van der Waals surface area contributed by atoms with Crippen LogP contribution in [0.2, 0.25) is 10.0 Å². The molecule has 0 aliphatic carbocycles. The molecule has 1 atom stereocenters. The van der Waals surface area contributed by atoms with E-state index in [0.29, 0.717) is 34.3 Å². The van der Waals surface area contributed by atoms with Gasteiger partial charge in [0.15, 0.2) is 0 Å². The Balaban J connectivity index is 1.82. The van der Waals surface area contributed by atoms with E-state index in [-0.39, 0.29) is 23.8 Å². The average Bonchev–Trinajstić information content (AvgIpc) is 3.02. The number of hydrogen-bond acceptors (Lipinski definition) is 4. The summed E-state index contributed by atoms with van der Waals surface area (Å²) in [6, 6.07) is 28.3. The fraction of sp³-hybridized carbons (Fsp3) is 0.235. The third-order valence-corrected chi connectivity index (χ3v) is 9.61. The zero-order valence-electron chi connectivity index (χ0n) is 24.6. The second kappa shape index (κ2) is 15.2. The minimum absolute atomic E-state index is 0.0385. The van der Waals surface area contributed by atoms with Crippen LogP contribution in [-0.2, 0) is 32.6 Å². The summed E-state index contributed by atoms with van der Waals surface area (Å²) in [5.41, 5.74) is 2.44. The summed E-state index contributed by atoms with van der Waals surface area (Å²) in [4.78, 5) is 29.6. The Labute approximate surface area is 269 Å². The fourth-order valence-corrected chi connectivity index (χ4v) is 6.75. The third kappa shape index (κ3) is 8.20. The highest BCUT2D eigenvalue weighted by molar-refractivity contribution is 7.92. The number of carbonyl (C=O) groups is 2. The number of benzene rings is 4. The summed E-state index contributed by atoms with van der Waals surface area (Å²) < 4.78 is 29.2. The van der Waals surface area contributed by atoms with Crippen molar-refractivity contribution >= 4 is 50.7 Å². The first-order chi connectivity index (χ1) is 21.1. The molecule has 230 valence electrons. The molecule has 4 rings (SSSR count). The molecule has 0 aliphatic rings. The zero-order valence-corrected chi connectivity index (χ0v) is 26.9. The van der Waals surface area contributed by atoms with Crippen LogP contribution in [-0.4, -0.2) is 44.3 Å². The van der Waals surface area contributed by atoms with Crippen molar-refractivity contribution < 1.29 is 18.0 Å². The minimum atomic E-state index is -4.17. The molecule has 2 amide bonds. The van der Waals surface area contributed by atoms with Gasteiger partial charge in [0, 0.05) is 35.1 Å². The Morgan fingerprint density at radius 3 is 2.07 bits per heavy atom. The van der Waals surface area contributed by atoms with Gasteiger partial charge in [-0.2, -0.15) is 0 Å². The number of nitrogens with zero attached hydrogens (tertiary/aromatic N) is 2. The van der Waals surface area contributed by atoms with Crippen LogP contribution >= 0.6 is 23.2 Å². The molecule has 0 bridgehead atoms. The van der Waals surface area contributed by atoms with E-state index in [9.17, 15) is 18.0 Å². The Hall–Kier alpha value is -3.85. The number of anilines is 1. The molecule has 44 heavy (non-hydrogen) atoms. The molecule has 0 spiro atoms. The molecule has 0 radical (unpaired) electrons. The van der Waals surface area contributed by atoms with Crippen LogP contribution < -0.4 is 9.62 Å². The summed E-state index contributed by atoms with van der Waals surface area (Å²) in [5, 5.41) is 3.58. The lowest BCUT2D eigenvalue weighted by Gasteiger charge is -2.34. The number of nitrogens with one attached hydrogen (secondary N) is 1. The van der Waals surface area contributed by atoms with Crippen molar-refractivity contribution in [2.75, 3.05) is 17.4 Å². The first-order valence-electron chi connectivity index (χ1n) is 14.3. The number of sulfonamides is 1. The number of hydrogen-bond donors (Lipinski definition) is 1. The predicted molar refractivity (Wildman–Crippen MR) is 176 cm³/mol. The summed E-state index contributed by atoms with van der Waals surface area (Å²) in [7, 11) is -4.17. The van der Waals surface area contributed by atoms with Crippen LogP contribution in [0.1, 0.15) is 30.0 Å². The van der Waals surface area contributed by atoms with Gasteiger partial charge in [0.05, 0.1) is 10.6 Å². The summed E-state index contributed by atoms with van der Waals surface area (Å²) in [6.07, 6.45) is 0.893. The van der Waals surface area contributed by atoms with Crippen LogP contribution in [0.5, 0.6) is 0 Å². The first kappa shape index (κ1) is 33.1. The zero-order chi connectivity index (χ0) is 31.7. The molecule has 0 heterocycles. The molecule has 4 aromatic carbocycles. The van der Waals surface area contributed by atoms with Gasteiger partial charge in [0.2, 0.25) is 11.8 Å². The summed E-state index contributed by atoms with van der Waals surface area (Å²) >= 11 is 13.1. The van der Waals surface area contributed by atoms with E-state index in [0.717, 1.165) is 15.4 Å². The van der Waals surface area contributed by atoms with E-state index in [1.54, 1.807) is 54.6 Å². The highest BCUT2D eigenvalue weighted by Crippen LogP contribution is 2.29. The van der Waals surface area contributed by atoms with Crippen LogP contribution in [0.3, 0.4) is 0 Å². The largest absolute Gasteiger partial charge is 0.354 e. The molecule has 0 fully saturated rings. The summed E-state index contributed by atoms with van der Waals surface area (Å²) in [5.74, 6) is -0.949. The molecule has 1 N–H and O–H groups in total. The van der Waals surface area contributed by atoms with Gasteiger partial charge in [0.25, 0.3) is 10.0 Å². The Morgan fingerprint density at radius 2 is 1.45 bits per heavy atom. The number of rotatable bonds is 13. The Bertz CT molecular complexity index is 1670. The molecular formula is C34H35Cl2N3O4S. The predicted octanol–water partition coefficient (Wildman–Crippen LogP) is 6.66. The number of aryl methyl sites for hydroxylation is 1. The fourth-order valence-electron chi connectivity index (χ4n) is 4.81. The second-order valence-electron chi connectivity index (χ2n) is 10.4. The average molecular weight is 653 g/mol. The lowest BCUT2D eigenvalue weighted by Crippen LogP contribution is -2.53. The van der Waals surface area contributed by atoms with E-state index in [2.05, 4.69) is 5.32 Å². The van der Waals surface area contributed by atoms with Gasteiger partial charge >= 0.3 is 0 Å². The van der Waals surface area contributed by atoms with E-state index >= 15 is 0 Å². The van der Waals surface area contributed by atoms with Crippen molar-refractivity contribution in [2.45, 2.75) is 44.2 Å². The van der Waals surface area contributed by atoms with Crippen molar-refractivity contribution in [1.29, 1.82) is 0 Å². The smallest absolute Gasteiger partial charge is 0.264 e. The van der Waals surface area contributed by atoms with Gasteiger partial charge in [-0.3, -0.25) is 13.9 Å². The summed E-state index contributed by atoms with van der Waals surface area (Å²) in [6.45, 7) is 3.53. The first-order valence-corrected chi connectivity index (χ1v) is 16.5. The lowest BCUT2D eigenvalue weighted by atomic mass is 10.0. The molecule has 4 aromatic rings. The second-order valence-corrected chi connectivity index (χ2v) is 13.1. The van der Waals surface area contributed by atoms with Gasteiger partial charge < -0.3 is 10.2 Å². The molecule has 0 saturated heterocycles. The third-order valence-electron chi connectivity index (χ3n) is 7.11. The van der Waals surface area contributed by atoms with Crippen LogP contribution in [0.25, 0.3) is 0 Å². The minimum Gasteiger partial charge on any atom is -0.354 e. The Morgan fingerprint density at radius 1 is 0.841 bits per heavy atom. The molecule has 0 saturated carbocycles. The maximum atomic E-state index is 14.5. The topological polar surface area (TPSA) is 86.8 Å². The Kier molecular flexibility index (Phi) is 11.4. The van der Waals surface area contributed by atoms with Gasteiger partial charge in [-0.1, -0.05) is 96.9 Å². The number of halogens is 2. The normalized spacial score (nSPS) is 11.9. The van der Waals surface area contributed by atoms with Gasteiger partial charge in [0.1, 0.15) is 12.6 Å². The number of carbonyl (C=O) groups excluding carboxylic acids is 2. The van der Waals surface area contributed by atoms with Crippen molar-refractivity contribution in [3.63, 3.8) is 0 Å². The maximum Gasteiger partial charge on any atom is 0.264 e.